The highest BCUT2D eigenvalue weighted by atomic mass is 31.2. The molecule has 0 aliphatic heterocycles. The van der Waals surface area contributed by atoms with Crippen LogP contribution in [0.1, 0.15) is 187 Å². The first-order valence-corrected chi connectivity index (χ1v) is 25.6. The molecule has 0 bridgehead atoms. The van der Waals surface area contributed by atoms with E-state index in [9.17, 15) is 38.8 Å². The molecular formula is C48H84NO13P. The molecule has 364 valence electrons. The monoisotopic (exact) mass is 914 g/mol. The molecule has 6 N–H and O–H groups in total. The van der Waals surface area contributed by atoms with E-state index in [1.165, 1.54) is 51.4 Å². The first-order chi connectivity index (χ1) is 30.3. The average Bonchev–Trinajstić information content (AvgIpc) is 3.52. The lowest BCUT2D eigenvalue weighted by atomic mass is 9.88. The molecule has 1 unspecified atom stereocenters. The fraction of sp³-hybridized carbons (Fsp3) is 0.792. The summed E-state index contributed by atoms with van der Waals surface area (Å²) in [6.45, 7) is 2.44. The molecule has 1 saturated carbocycles. The number of aliphatic hydroxyl groups is 2. The topological polar surface area (TPSA) is 229 Å². The number of hydrogen-bond acceptors (Lipinski definition) is 12. The predicted molar refractivity (Wildman–Crippen MR) is 246 cm³/mol. The number of allylic oxidation sites excluding steroid dienone is 5. The zero-order valence-electron chi connectivity index (χ0n) is 38.6. The normalized spacial score (nSPS) is 19.2. The van der Waals surface area contributed by atoms with E-state index in [2.05, 4.69) is 42.7 Å². The minimum absolute atomic E-state index is 0.0196. The zero-order valence-corrected chi connectivity index (χ0v) is 39.5. The van der Waals surface area contributed by atoms with E-state index in [1.807, 2.05) is 0 Å². The summed E-state index contributed by atoms with van der Waals surface area (Å²) in [7, 11) is -4.79. The SMILES string of the molecule is CCCCC/C=C\C/C=C\CCCCCCCCCCCC(=O)OC[C@H](COP(=O)(O)OC[C@H](N)C(=O)O)OC(=O)CCCCCC[C@H]1[C@@H](O)CC(=O)[C@@H]1/C=C/[C@@H](O)CCCCC. The van der Waals surface area contributed by atoms with E-state index >= 15 is 0 Å². The number of aliphatic carboxylic acids is 1. The molecule has 0 amide bonds. The van der Waals surface area contributed by atoms with Gasteiger partial charge in [-0.2, -0.15) is 0 Å². The number of carboxylic acid groups (broad SMARTS) is 1. The Bertz CT molecular complexity index is 1370. The van der Waals surface area contributed by atoms with Crippen molar-refractivity contribution in [3.05, 3.63) is 36.5 Å². The molecule has 1 fully saturated rings. The lowest BCUT2D eigenvalue weighted by Crippen LogP contribution is -2.34. The molecule has 0 aromatic heterocycles. The lowest BCUT2D eigenvalue weighted by Gasteiger charge is -2.20. The second kappa shape index (κ2) is 37.5. The van der Waals surface area contributed by atoms with Crippen molar-refractivity contribution in [3.8, 4) is 0 Å². The van der Waals surface area contributed by atoms with E-state index in [-0.39, 0.29) is 31.0 Å². The Labute approximate surface area is 378 Å². The van der Waals surface area contributed by atoms with Gasteiger partial charge in [-0.15, -0.1) is 0 Å². The van der Waals surface area contributed by atoms with Gasteiger partial charge in [0.25, 0.3) is 0 Å². The van der Waals surface area contributed by atoms with Crippen LogP contribution in [0.25, 0.3) is 0 Å². The van der Waals surface area contributed by atoms with Crippen LogP contribution in [0.15, 0.2) is 36.5 Å². The summed E-state index contributed by atoms with van der Waals surface area (Å²) in [5, 5.41) is 29.7. The summed E-state index contributed by atoms with van der Waals surface area (Å²) in [6, 6.07) is -1.56. The molecule has 0 spiro atoms. The number of phosphoric ester groups is 1. The van der Waals surface area contributed by atoms with Gasteiger partial charge in [0.2, 0.25) is 0 Å². The quantitative estimate of drug-likeness (QED) is 0.0166. The number of carbonyl (C=O) groups is 4. The number of aliphatic hydroxyl groups excluding tert-OH is 2. The third-order valence-electron chi connectivity index (χ3n) is 11.3. The number of nitrogens with two attached hydrogens (primary N) is 1. The first-order valence-electron chi connectivity index (χ1n) is 24.1. The summed E-state index contributed by atoms with van der Waals surface area (Å²) in [5.74, 6) is -3.25. The second-order valence-electron chi connectivity index (χ2n) is 17.0. The zero-order chi connectivity index (χ0) is 46.6. The molecule has 63 heavy (non-hydrogen) atoms. The maximum atomic E-state index is 12.8. The minimum atomic E-state index is -4.79. The van der Waals surface area contributed by atoms with Crippen molar-refractivity contribution in [3.63, 3.8) is 0 Å². The van der Waals surface area contributed by atoms with Gasteiger partial charge in [0.15, 0.2) is 6.10 Å². The van der Waals surface area contributed by atoms with E-state index in [1.54, 1.807) is 12.2 Å². The van der Waals surface area contributed by atoms with Crippen molar-refractivity contribution < 1.29 is 62.5 Å². The standard InChI is InChI=1S/C48H84NO13P/c1-3-5-7-8-9-10-11-12-13-14-15-16-17-18-19-20-21-22-27-31-46(53)59-36-40(37-60-63(57,58)61-38-43(49)48(55)56)62-47(54)32-28-24-23-26-30-41-42(45(52)35-44(41)51)34-33-39(50)29-25-6-4-2/h9-10,12-13,33-34,39-44,50-51H,3-8,11,14-32,35-38,49H2,1-2H3,(H,55,56)(H,57,58)/b10-9-,13-12-,34-33+/t39-,40+,41+,42+,43-,44-/m0/s1. The van der Waals surface area contributed by atoms with Gasteiger partial charge in [0.05, 0.1) is 25.4 Å². The van der Waals surface area contributed by atoms with Gasteiger partial charge >= 0.3 is 25.7 Å². The van der Waals surface area contributed by atoms with Crippen molar-refractivity contribution in [2.45, 2.75) is 212 Å². The van der Waals surface area contributed by atoms with Crippen LogP contribution in [0.5, 0.6) is 0 Å². The van der Waals surface area contributed by atoms with E-state index < -0.39 is 75.8 Å². The molecule has 7 atom stereocenters. The minimum Gasteiger partial charge on any atom is -0.480 e. The molecular weight excluding hydrogens is 829 g/mol. The van der Waals surface area contributed by atoms with Gasteiger partial charge in [-0.3, -0.25) is 28.2 Å². The molecule has 0 saturated heterocycles. The second-order valence-corrected chi connectivity index (χ2v) is 18.5. The van der Waals surface area contributed by atoms with Crippen LogP contribution >= 0.6 is 7.82 Å². The Balaban J connectivity index is 2.42. The number of hydrogen-bond donors (Lipinski definition) is 5. The fourth-order valence-electron chi connectivity index (χ4n) is 7.41. The Kier molecular flexibility index (Phi) is 34.7. The first kappa shape index (κ1) is 58.3. The summed E-state index contributed by atoms with van der Waals surface area (Å²) >= 11 is 0. The van der Waals surface area contributed by atoms with Crippen LogP contribution in [-0.4, -0.2) is 88.1 Å². The molecule has 0 heterocycles. The van der Waals surface area contributed by atoms with Gasteiger partial charge in [-0.05, 0) is 63.7 Å². The number of phosphoric acid groups is 1. The van der Waals surface area contributed by atoms with E-state index in [0.29, 0.717) is 32.1 Å². The number of carbonyl (C=O) groups excluding carboxylic acids is 3. The van der Waals surface area contributed by atoms with Crippen molar-refractivity contribution in [1.29, 1.82) is 0 Å². The number of Topliss-reactive ketones (excluding diaryl/α,β-unsaturated/α-hetero) is 1. The third kappa shape index (κ3) is 31.7. The summed E-state index contributed by atoms with van der Waals surface area (Å²) < 4.78 is 32.8. The van der Waals surface area contributed by atoms with Gasteiger partial charge < -0.3 is 35.4 Å². The van der Waals surface area contributed by atoms with Crippen molar-refractivity contribution in [2.24, 2.45) is 17.6 Å². The molecule has 1 aliphatic carbocycles. The third-order valence-corrected chi connectivity index (χ3v) is 12.2. The largest absolute Gasteiger partial charge is 0.480 e. The number of carboxylic acids is 1. The maximum Gasteiger partial charge on any atom is 0.472 e. The number of ether oxygens (including phenoxy) is 2. The smallest absolute Gasteiger partial charge is 0.472 e. The Morgan fingerprint density at radius 1 is 0.746 bits per heavy atom. The lowest BCUT2D eigenvalue weighted by molar-refractivity contribution is -0.161. The number of esters is 2. The highest BCUT2D eigenvalue weighted by molar-refractivity contribution is 7.47. The molecule has 0 radical (unpaired) electrons. The molecule has 0 aromatic rings. The fourth-order valence-corrected chi connectivity index (χ4v) is 8.19. The van der Waals surface area contributed by atoms with E-state index in [0.717, 1.165) is 70.6 Å². The van der Waals surface area contributed by atoms with E-state index in [4.69, 9.17) is 24.8 Å². The summed E-state index contributed by atoms with van der Waals surface area (Å²) in [6.07, 6.45) is 33.9. The molecule has 0 aromatic carbocycles. The predicted octanol–water partition coefficient (Wildman–Crippen LogP) is 9.76. The van der Waals surface area contributed by atoms with Crippen molar-refractivity contribution >= 4 is 31.5 Å². The maximum absolute atomic E-state index is 12.8. The van der Waals surface area contributed by atoms with Crippen molar-refractivity contribution in [1.82, 2.24) is 0 Å². The Morgan fingerprint density at radius 2 is 1.29 bits per heavy atom. The Hall–Kier alpha value is -2.71. The Morgan fingerprint density at radius 3 is 1.90 bits per heavy atom. The van der Waals surface area contributed by atoms with Crippen LogP contribution in [0.3, 0.4) is 0 Å². The average molecular weight is 914 g/mol. The molecule has 1 rings (SSSR count). The van der Waals surface area contributed by atoms with Gasteiger partial charge in [0, 0.05) is 25.2 Å². The highest BCUT2D eigenvalue weighted by Gasteiger charge is 2.39. The highest BCUT2D eigenvalue weighted by Crippen LogP contribution is 2.43. The van der Waals surface area contributed by atoms with Gasteiger partial charge in [-0.25, -0.2) is 4.57 Å². The number of rotatable bonds is 41. The van der Waals surface area contributed by atoms with Gasteiger partial charge in [0.1, 0.15) is 18.4 Å². The van der Waals surface area contributed by atoms with Crippen LogP contribution in [-0.2, 0) is 42.3 Å². The molecule has 15 heteroatoms. The van der Waals surface area contributed by atoms with Crippen LogP contribution in [0, 0.1) is 11.8 Å². The summed E-state index contributed by atoms with van der Waals surface area (Å²) in [4.78, 5) is 58.9. The van der Waals surface area contributed by atoms with Crippen LogP contribution in [0.4, 0.5) is 0 Å². The van der Waals surface area contributed by atoms with Crippen molar-refractivity contribution in [2.75, 3.05) is 19.8 Å². The number of ketones is 1. The van der Waals surface area contributed by atoms with Crippen LogP contribution in [0.2, 0.25) is 0 Å². The summed E-state index contributed by atoms with van der Waals surface area (Å²) in [5.41, 5.74) is 5.34. The van der Waals surface area contributed by atoms with Crippen LogP contribution < -0.4 is 5.73 Å². The van der Waals surface area contributed by atoms with Gasteiger partial charge in [-0.1, -0.05) is 147 Å². The number of unbranched alkanes of at least 4 members (excludes halogenated alkanes) is 17. The molecule has 14 nitrogen and oxygen atoms in total. The molecule has 1 aliphatic rings.